The third-order valence-corrected chi connectivity index (χ3v) is 2.31. The highest BCUT2D eigenvalue weighted by molar-refractivity contribution is 6.33. The van der Waals surface area contributed by atoms with Gasteiger partial charge in [0.25, 0.3) is 0 Å². The second kappa shape index (κ2) is 4.29. The third-order valence-electron chi connectivity index (χ3n) is 1.73. The van der Waals surface area contributed by atoms with Crippen LogP contribution in [0, 0.1) is 0 Å². The summed E-state index contributed by atoms with van der Waals surface area (Å²) in [5.41, 5.74) is 0.448. The van der Waals surface area contributed by atoms with Crippen molar-refractivity contribution < 1.29 is 10.2 Å². The Kier molecular flexibility index (Phi) is 3.56. The summed E-state index contributed by atoms with van der Waals surface area (Å²) in [7, 11) is 0. The van der Waals surface area contributed by atoms with Crippen LogP contribution in [0.2, 0.25) is 10.0 Å². The molecule has 0 bridgehead atoms. The maximum absolute atomic E-state index is 9.51. The van der Waals surface area contributed by atoms with Gasteiger partial charge in [0.05, 0.1) is 6.10 Å². The fourth-order valence-electron chi connectivity index (χ4n) is 1.00. The minimum atomic E-state index is -0.994. The Balaban J connectivity index is 3.05. The van der Waals surface area contributed by atoms with Crippen molar-refractivity contribution in [2.75, 3.05) is 0 Å². The molecule has 0 saturated carbocycles. The molecule has 0 saturated heterocycles. The van der Waals surface area contributed by atoms with Crippen LogP contribution in [0.3, 0.4) is 0 Å². The minimum absolute atomic E-state index is 0.401. The fraction of sp³-hybridized carbons (Fsp3) is 0.333. The van der Waals surface area contributed by atoms with Gasteiger partial charge in [-0.3, -0.25) is 0 Å². The van der Waals surface area contributed by atoms with Crippen LogP contribution in [-0.2, 0) is 0 Å². The van der Waals surface area contributed by atoms with Gasteiger partial charge in [-0.25, -0.2) is 0 Å². The lowest BCUT2D eigenvalue weighted by Gasteiger charge is -2.15. The molecule has 0 heterocycles. The molecule has 0 aliphatic carbocycles. The zero-order chi connectivity index (χ0) is 10.0. The Morgan fingerprint density at radius 1 is 1.23 bits per heavy atom. The van der Waals surface area contributed by atoms with Crippen molar-refractivity contribution in [2.24, 2.45) is 0 Å². The summed E-state index contributed by atoms with van der Waals surface area (Å²) in [5.74, 6) is 0. The van der Waals surface area contributed by atoms with Crippen LogP contribution in [0.5, 0.6) is 0 Å². The number of hydrogen-bond donors (Lipinski definition) is 2. The van der Waals surface area contributed by atoms with Gasteiger partial charge in [-0.15, -0.1) is 0 Å². The number of hydrogen-bond acceptors (Lipinski definition) is 2. The van der Waals surface area contributed by atoms with E-state index in [4.69, 9.17) is 28.3 Å². The molecule has 0 spiro atoms. The zero-order valence-corrected chi connectivity index (χ0v) is 8.55. The van der Waals surface area contributed by atoms with Crippen molar-refractivity contribution in [2.45, 2.75) is 19.1 Å². The number of benzene rings is 1. The Hall–Kier alpha value is -0.280. The number of aliphatic hydroxyl groups excluding tert-OH is 2. The molecule has 0 unspecified atom stereocenters. The first kappa shape index (κ1) is 10.8. The van der Waals surface area contributed by atoms with Gasteiger partial charge in [-0.1, -0.05) is 23.2 Å². The Labute approximate surface area is 86.7 Å². The minimum Gasteiger partial charge on any atom is -0.390 e. The van der Waals surface area contributed by atoms with Crippen molar-refractivity contribution in [3.63, 3.8) is 0 Å². The van der Waals surface area contributed by atoms with Crippen molar-refractivity contribution in [1.82, 2.24) is 0 Å². The summed E-state index contributed by atoms with van der Waals surface area (Å²) in [4.78, 5) is 0. The standard InChI is InChI=1S/C9H10Cl2O2/c1-5(12)9(13)7-4-6(10)2-3-8(7)11/h2-5,9,12-13H,1H3/t5-,9+/m0/s1. The van der Waals surface area contributed by atoms with Crippen LogP contribution < -0.4 is 0 Å². The lowest BCUT2D eigenvalue weighted by atomic mass is 10.1. The molecule has 1 aromatic rings. The summed E-state index contributed by atoms with van der Waals surface area (Å²) >= 11 is 11.5. The van der Waals surface area contributed by atoms with Gasteiger partial charge in [0.15, 0.2) is 0 Å². The molecule has 1 aromatic carbocycles. The van der Waals surface area contributed by atoms with Crippen LogP contribution in [0.4, 0.5) is 0 Å². The van der Waals surface area contributed by atoms with E-state index in [0.29, 0.717) is 15.6 Å². The molecular formula is C9H10Cl2O2. The number of rotatable bonds is 2. The third kappa shape index (κ3) is 2.58. The summed E-state index contributed by atoms with van der Waals surface area (Å²) in [6.45, 7) is 1.49. The molecule has 0 fully saturated rings. The van der Waals surface area contributed by atoms with E-state index < -0.39 is 12.2 Å². The van der Waals surface area contributed by atoms with E-state index in [1.165, 1.54) is 6.92 Å². The van der Waals surface area contributed by atoms with E-state index in [9.17, 15) is 5.11 Å². The van der Waals surface area contributed by atoms with Gasteiger partial charge in [-0.05, 0) is 25.1 Å². The van der Waals surface area contributed by atoms with E-state index in [0.717, 1.165) is 0 Å². The molecule has 13 heavy (non-hydrogen) atoms. The van der Waals surface area contributed by atoms with Crippen molar-refractivity contribution in [1.29, 1.82) is 0 Å². The molecule has 0 aromatic heterocycles. The molecule has 0 aliphatic heterocycles. The smallest absolute Gasteiger partial charge is 0.106 e. The van der Waals surface area contributed by atoms with Crippen molar-refractivity contribution in [3.05, 3.63) is 33.8 Å². The quantitative estimate of drug-likeness (QED) is 0.804. The number of aliphatic hydroxyl groups is 2. The van der Waals surface area contributed by atoms with E-state index in [1.54, 1.807) is 18.2 Å². The average molecular weight is 221 g/mol. The first-order valence-corrected chi connectivity index (χ1v) is 4.59. The van der Waals surface area contributed by atoms with Crippen LogP contribution in [0.1, 0.15) is 18.6 Å². The second-order valence-electron chi connectivity index (χ2n) is 2.85. The molecule has 2 N–H and O–H groups in total. The molecule has 1 rings (SSSR count). The topological polar surface area (TPSA) is 40.5 Å². The van der Waals surface area contributed by atoms with Crippen LogP contribution in [0.15, 0.2) is 18.2 Å². The lowest BCUT2D eigenvalue weighted by molar-refractivity contribution is 0.0306. The van der Waals surface area contributed by atoms with Gasteiger partial charge >= 0.3 is 0 Å². The van der Waals surface area contributed by atoms with Gasteiger partial charge < -0.3 is 10.2 Å². The van der Waals surface area contributed by atoms with E-state index in [-0.39, 0.29) is 0 Å². The first-order chi connectivity index (χ1) is 6.02. The zero-order valence-electron chi connectivity index (χ0n) is 7.04. The van der Waals surface area contributed by atoms with Crippen LogP contribution in [0.25, 0.3) is 0 Å². The van der Waals surface area contributed by atoms with Gasteiger partial charge in [-0.2, -0.15) is 0 Å². The highest BCUT2D eigenvalue weighted by Crippen LogP contribution is 2.27. The highest BCUT2D eigenvalue weighted by atomic mass is 35.5. The van der Waals surface area contributed by atoms with Gasteiger partial charge in [0.1, 0.15) is 6.10 Å². The van der Waals surface area contributed by atoms with Gasteiger partial charge in [0, 0.05) is 15.6 Å². The second-order valence-corrected chi connectivity index (χ2v) is 3.69. The largest absolute Gasteiger partial charge is 0.390 e. The van der Waals surface area contributed by atoms with E-state index >= 15 is 0 Å². The Morgan fingerprint density at radius 2 is 1.85 bits per heavy atom. The molecule has 2 atom stereocenters. The maximum Gasteiger partial charge on any atom is 0.106 e. The Morgan fingerprint density at radius 3 is 2.38 bits per heavy atom. The Bertz CT molecular complexity index is 300. The summed E-state index contributed by atoms with van der Waals surface area (Å²) in [6, 6.07) is 4.76. The molecule has 72 valence electrons. The predicted octanol–water partition coefficient (Wildman–Crippen LogP) is 2.41. The maximum atomic E-state index is 9.51. The summed E-state index contributed by atoms with van der Waals surface area (Å²) in [5, 5.41) is 19.5. The number of halogens is 2. The SMILES string of the molecule is C[C@H](O)[C@@H](O)c1cc(Cl)ccc1Cl. The predicted molar refractivity (Wildman–Crippen MR) is 53.1 cm³/mol. The van der Waals surface area contributed by atoms with E-state index in [1.807, 2.05) is 0 Å². The van der Waals surface area contributed by atoms with Crippen molar-refractivity contribution in [3.8, 4) is 0 Å². The van der Waals surface area contributed by atoms with Gasteiger partial charge in [0.2, 0.25) is 0 Å². The van der Waals surface area contributed by atoms with Crippen molar-refractivity contribution >= 4 is 23.2 Å². The normalized spacial score (nSPS) is 15.5. The molecule has 0 aliphatic rings. The first-order valence-electron chi connectivity index (χ1n) is 3.83. The molecule has 0 amide bonds. The summed E-state index contributed by atoms with van der Waals surface area (Å²) < 4.78 is 0. The molecule has 2 nitrogen and oxygen atoms in total. The molecule has 4 heteroatoms. The monoisotopic (exact) mass is 220 g/mol. The van der Waals surface area contributed by atoms with Crippen LogP contribution in [-0.4, -0.2) is 16.3 Å². The van der Waals surface area contributed by atoms with E-state index in [2.05, 4.69) is 0 Å². The molecular weight excluding hydrogens is 211 g/mol. The lowest BCUT2D eigenvalue weighted by Crippen LogP contribution is -2.14. The fourth-order valence-corrected chi connectivity index (χ4v) is 1.41. The highest BCUT2D eigenvalue weighted by Gasteiger charge is 2.16. The van der Waals surface area contributed by atoms with Crippen LogP contribution >= 0.6 is 23.2 Å². The summed E-state index contributed by atoms with van der Waals surface area (Å²) in [6.07, 6.45) is -1.86. The molecule has 0 radical (unpaired) electrons. The average Bonchev–Trinajstić information content (AvgIpc) is 2.08.